The number of nitrogens with zero attached hydrogens (tertiary/aromatic N) is 3. The number of carbonyl (C=O) groups excluding carboxylic acids is 2. The molecule has 4 aromatic rings. The SMILES string of the molecule is O=C(C1=C(O)C(=O)N(c2nnc(SCc3ccccc3Cl)s2)C1c1ccc(Cl)cc1)c1ccco1. The van der Waals surface area contributed by atoms with Crippen LogP contribution in [0.4, 0.5) is 5.13 Å². The molecule has 11 heteroatoms. The van der Waals surface area contributed by atoms with Gasteiger partial charge in [-0.3, -0.25) is 14.5 Å². The van der Waals surface area contributed by atoms with Crippen LogP contribution in [0.15, 0.2) is 87.0 Å². The van der Waals surface area contributed by atoms with Crippen molar-refractivity contribution in [3.8, 4) is 0 Å². The molecule has 0 radical (unpaired) electrons. The number of rotatable bonds is 7. The van der Waals surface area contributed by atoms with Gasteiger partial charge in [-0.25, -0.2) is 0 Å². The maximum Gasteiger partial charge on any atom is 0.296 e. The van der Waals surface area contributed by atoms with Crippen molar-refractivity contribution in [2.75, 3.05) is 4.90 Å². The lowest BCUT2D eigenvalue weighted by Crippen LogP contribution is -2.31. The third-order valence-electron chi connectivity index (χ3n) is 5.29. The Morgan fingerprint density at radius 2 is 1.86 bits per heavy atom. The number of aliphatic hydroxyl groups is 1. The Kier molecular flexibility index (Phi) is 6.66. The predicted octanol–water partition coefficient (Wildman–Crippen LogP) is 6.51. The Balaban J connectivity index is 1.49. The minimum atomic E-state index is -0.938. The van der Waals surface area contributed by atoms with Gasteiger partial charge in [-0.1, -0.05) is 76.6 Å². The molecule has 0 bridgehead atoms. The van der Waals surface area contributed by atoms with Gasteiger partial charge in [0.05, 0.1) is 17.9 Å². The van der Waals surface area contributed by atoms with Crippen molar-refractivity contribution in [3.05, 3.63) is 105 Å². The predicted molar refractivity (Wildman–Crippen MR) is 135 cm³/mol. The normalized spacial score (nSPS) is 15.8. The number of benzene rings is 2. The van der Waals surface area contributed by atoms with Gasteiger partial charge in [0.25, 0.3) is 5.91 Å². The molecule has 0 spiro atoms. The first kappa shape index (κ1) is 23.6. The van der Waals surface area contributed by atoms with E-state index in [1.807, 2.05) is 24.3 Å². The smallest absolute Gasteiger partial charge is 0.296 e. The van der Waals surface area contributed by atoms with Crippen molar-refractivity contribution in [2.45, 2.75) is 16.1 Å². The van der Waals surface area contributed by atoms with Gasteiger partial charge in [-0.05, 0) is 41.5 Å². The number of Topliss-reactive ketones (excluding diaryl/α,β-unsaturated/α-hetero) is 1. The number of anilines is 1. The van der Waals surface area contributed by atoms with Crippen molar-refractivity contribution in [1.29, 1.82) is 0 Å². The number of carbonyl (C=O) groups is 2. The zero-order valence-corrected chi connectivity index (χ0v) is 20.9. The maximum atomic E-state index is 13.2. The molecular formula is C24H15Cl2N3O4S2. The molecule has 1 amide bonds. The summed E-state index contributed by atoms with van der Waals surface area (Å²) >= 11 is 14.9. The number of hydrogen-bond acceptors (Lipinski definition) is 8. The van der Waals surface area contributed by atoms with Crippen molar-refractivity contribution in [2.24, 2.45) is 0 Å². The molecule has 1 N–H and O–H groups in total. The molecule has 7 nitrogen and oxygen atoms in total. The van der Waals surface area contributed by atoms with E-state index < -0.39 is 23.5 Å². The molecule has 5 rings (SSSR count). The van der Waals surface area contributed by atoms with Gasteiger partial charge in [0, 0.05) is 15.8 Å². The largest absolute Gasteiger partial charge is 0.503 e. The number of amides is 1. The van der Waals surface area contributed by atoms with Crippen LogP contribution in [-0.4, -0.2) is 27.0 Å². The second kappa shape index (κ2) is 9.87. The Hall–Kier alpha value is -3.11. The molecule has 35 heavy (non-hydrogen) atoms. The number of aromatic nitrogens is 2. The van der Waals surface area contributed by atoms with Crippen LogP contribution in [0.5, 0.6) is 0 Å². The average molecular weight is 544 g/mol. The van der Waals surface area contributed by atoms with Crippen molar-refractivity contribution in [1.82, 2.24) is 10.2 Å². The van der Waals surface area contributed by atoms with E-state index in [2.05, 4.69) is 10.2 Å². The fourth-order valence-electron chi connectivity index (χ4n) is 3.65. The second-order valence-electron chi connectivity index (χ2n) is 7.43. The summed E-state index contributed by atoms with van der Waals surface area (Å²) in [7, 11) is 0. The van der Waals surface area contributed by atoms with E-state index in [1.54, 1.807) is 30.3 Å². The highest BCUT2D eigenvalue weighted by molar-refractivity contribution is 8.00. The van der Waals surface area contributed by atoms with Gasteiger partial charge < -0.3 is 9.52 Å². The summed E-state index contributed by atoms with van der Waals surface area (Å²) in [5.74, 6) is -1.44. The number of halogens is 2. The summed E-state index contributed by atoms with van der Waals surface area (Å²) in [6, 6.07) is 16.3. The van der Waals surface area contributed by atoms with Gasteiger partial charge in [0.15, 0.2) is 15.9 Å². The standard InChI is InChI=1S/C24H15Cl2N3O4S2/c25-15-9-7-13(8-10-15)19-18(20(30)17-6-3-11-33-17)21(31)22(32)29(19)23-27-28-24(35-23)34-12-14-4-1-2-5-16(14)26/h1-11,19,31H,12H2. The van der Waals surface area contributed by atoms with Crippen LogP contribution in [0.1, 0.15) is 27.7 Å². The van der Waals surface area contributed by atoms with Crippen LogP contribution in [0.2, 0.25) is 10.0 Å². The van der Waals surface area contributed by atoms with Crippen molar-refractivity contribution < 1.29 is 19.1 Å². The van der Waals surface area contributed by atoms with Crippen molar-refractivity contribution in [3.63, 3.8) is 0 Å². The number of aliphatic hydroxyl groups excluding tert-OH is 1. The van der Waals surface area contributed by atoms with Crippen molar-refractivity contribution >= 4 is 63.1 Å². The summed E-state index contributed by atoms with van der Waals surface area (Å²) in [4.78, 5) is 27.7. The zero-order valence-electron chi connectivity index (χ0n) is 17.7. The van der Waals surface area contributed by atoms with Crippen LogP contribution in [0.3, 0.4) is 0 Å². The van der Waals surface area contributed by atoms with E-state index in [0.29, 0.717) is 25.7 Å². The van der Waals surface area contributed by atoms with Gasteiger partial charge in [-0.2, -0.15) is 0 Å². The minimum absolute atomic E-state index is 0.00779. The molecule has 3 heterocycles. The minimum Gasteiger partial charge on any atom is -0.503 e. The molecule has 0 saturated carbocycles. The van der Waals surface area contributed by atoms with Crippen LogP contribution < -0.4 is 4.90 Å². The lowest BCUT2D eigenvalue weighted by Gasteiger charge is -2.23. The quantitative estimate of drug-likeness (QED) is 0.161. The summed E-state index contributed by atoms with van der Waals surface area (Å²) in [6.45, 7) is 0. The zero-order chi connectivity index (χ0) is 24.5. The Morgan fingerprint density at radius 1 is 1.09 bits per heavy atom. The molecule has 176 valence electrons. The Morgan fingerprint density at radius 3 is 2.57 bits per heavy atom. The fraction of sp³-hybridized carbons (Fsp3) is 0.0833. The summed E-state index contributed by atoms with van der Waals surface area (Å²) in [5.41, 5.74) is 1.41. The molecule has 1 aliphatic heterocycles. The van der Waals surface area contributed by atoms with Crippen LogP contribution in [0, 0.1) is 0 Å². The first-order valence-electron chi connectivity index (χ1n) is 10.2. The van der Waals surface area contributed by atoms with E-state index in [0.717, 1.165) is 5.56 Å². The molecule has 2 aromatic heterocycles. The van der Waals surface area contributed by atoms with E-state index in [4.69, 9.17) is 27.6 Å². The van der Waals surface area contributed by atoms with E-state index >= 15 is 0 Å². The third kappa shape index (κ3) is 4.60. The molecule has 2 aromatic carbocycles. The average Bonchev–Trinajstić information content (AvgIpc) is 3.60. The number of ketones is 1. The number of thioether (sulfide) groups is 1. The summed E-state index contributed by atoms with van der Waals surface area (Å²) in [5, 5.41) is 20.5. The summed E-state index contributed by atoms with van der Waals surface area (Å²) < 4.78 is 5.84. The lowest BCUT2D eigenvalue weighted by atomic mass is 9.95. The van der Waals surface area contributed by atoms with Gasteiger partial charge >= 0.3 is 0 Å². The number of furan rings is 1. The first-order chi connectivity index (χ1) is 16.9. The van der Waals surface area contributed by atoms with Crippen LogP contribution in [-0.2, 0) is 10.5 Å². The third-order valence-corrected chi connectivity index (χ3v) is 8.02. The Bertz CT molecular complexity index is 1440. The lowest BCUT2D eigenvalue weighted by molar-refractivity contribution is -0.117. The van der Waals surface area contributed by atoms with Gasteiger partial charge in [-0.15, -0.1) is 10.2 Å². The van der Waals surface area contributed by atoms with Gasteiger partial charge in [0.1, 0.15) is 0 Å². The maximum absolute atomic E-state index is 13.2. The molecule has 0 fully saturated rings. The molecule has 1 unspecified atom stereocenters. The Labute approximate surface area is 218 Å². The monoisotopic (exact) mass is 543 g/mol. The second-order valence-corrected chi connectivity index (χ2v) is 10.5. The van der Waals surface area contributed by atoms with E-state index in [1.165, 1.54) is 40.3 Å². The highest BCUT2D eigenvalue weighted by Crippen LogP contribution is 2.44. The molecule has 1 aliphatic rings. The fourth-order valence-corrected chi connectivity index (χ4v) is 5.93. The highest BCUT2D eigenvalue weighted by Gasteiger charge is 2.46. The summed E-state index contributed by atoms with van der Waals surface area (Å²) in [6.07, 6.45) is 1.35. The molecule has 0 saturated heterocycles. The molecule has 0 aliphatic carbocycles. The van der Waals surface area contributed by atoms with E-state index in [-0.39, 0.29) is 16.5 Å². The molecular weight excluding hydrogens is 529 g/mol. The first-order valence-corrected chi connectivity index (χ1v) is 12.8. The number of hydrogen-bond donors (Lipinski definition) is 1. The molecule has 1 atom stereocenters. The topological polar surface area (TPSA) is 96.5 Å². The van der Waals surface area contributed by atoms with E-state index in [9.17, 15) is 14.7 Å². The highest BCUT2D eigenvalue weighted by atomic mass is 35.5. The van der Waals surface area contributed by atoms with Gasteiger partial charge in [0.2, 0.25) is 10.9 Å². The van der Waals surface area contributed by atoms with Crippen LogP contribution in [0.25, 0.3) is 0 Å². The van der Waals surface area contributed by atoms with Crippen LogP contribution >= 0.6 is 46.3 Å².